The number of hydrogen-bond acceptors (Lipinski definition) is 2. The highest BCUT2D eigenvalue weighted by atomic mass is 35.5. The Labute approximate surface area is 130 Å². The zero-order valence-electron chi connectivity index (χ0n) is 12.4. The number of aryl methyl sites for hydroxylation is 1. The Morgan fingerprint density at radius 3 is 2.62 bits per heavy atom. The molecule has 0 N–H and O–H groups in total. The van der Waals surface area contributed by atoms with Gasteiger partial charge in [0.25, 0.3) is 0 Å². The summed E-state index contributed by atoms with van der Waals surface area (Å²) in [7, 11) is 0. The number of hydrogen-bond donors (Lipinski definition) is 0. The molecule has 21 heavy (non-hydrogen) atoms. The molecule has 0 saturated heterocycles. The highest BCUT2D eigenvalue weighted by Crippen LogP contribution is 2.27. The summed E-state index contributed by atoms with van der Waals surface area (Å²) < 4.78 is 2.10. The van der Waals surface area contributed by atoms with Crippen molar-refractivity contribution in [2.45, 2.75) is 45.6 Å². The average Bonchev–Trinajstić information content (AvgIpc) is 2.82. The van der Waals surface area contributed by atoms with Crippen molar-refractivity contribution in [1.29, 1.82) is 0 Å². The predicted octanol–water partition coefficient (Wildman–Crippen LogP) is 4.23. The molecule has 4 heteroatoms. The molecule has 1 aliphatic rings. The summed E-state index contributed by atoms with van der Waals surface area (Å²) in [5, 5.41) is 0.728. The number of benzene rings is 1. The van der Waals surface area contributed by atoms with Crippen molar-refractivity contribution in [2.75, 3.05) is 0 Å². The first kappa shape index (κ1) is 14.3. The highest BCUT2D eigenvalue weighted by molar-refractivity contribution is 6.30. The lowest BCUT2D eigenvalue weighted by atomic mass is 9.99. The Hall–Kier alpha value is -1.61. The Kier molecular flexibility index (Phi) is 3.85. The number of carbonyl (C=O) groups excluding carboxylic acids is 1. The molecule has 0 amide bonds. The van der Waals surface area contributed by atoms with Crippen molar-refractivity contribution >= 4 is 17.4 Å². The van der Waals surface area contributed by atoms with Crippen molar-refractivity contribution < 1.29 is 4.79 Å². The summed E-state index contributed by atoms with van der Waals surface area (Å²) in [6.45, 7) is 4.92. The van der Waals surface area contributed by atoms with E-state index in [1.165, 1.54) is 0 Å². The second-order valence-electron chi connectivity index (χ2n) is 5.91. The Morgan fingerprint density at radius 1 is 1.24 bits per heavy atom. The molecule has 1 aliphatic carbocycles. The number of fused-ring (bicyclic) bond motifs is 1. The fourth-order valence-electron chi connectivity index (χ4n) is 2.92. The summed E-state index contributed by atoms with van der Waals surface area (Å²) in [5.41, 5.74) is 2.93. The first-order chi connectivity index (χ1) is 10.1. The van der Waals surface area contributed by atoms with Gasteiger partial charge in [-0.3, -0.25) is 4.79 Å². The summed E-state index contributed by atoms with van der Waals surface area (Å²) in [4.78, 5) is 17.0. The molecule has 0 aliphatic heterocycles. The van der Waals surface area contributed by atoms with E-state index in [2.05, 4.69) is 18.4 Å². The van der Waals surface area contributed by atoms with E-state index in [0.717, 1.165) is 40.6 Å². The van der Waals surface area contributed by atoms with Crippen LogP contribution in [0.5, 0.6) is 0 Å². The van der Waals surface area contributed by atoms with E-state index in [1.807, 2.05) is 24.3 Å². The van der Waals surface area contributed by atoms with E-state index in [4.69, 9.17) is 16.6 Å². The molecule has 0 bridgehead atoms. The normalized spacial score (nSPS) is 14.6. The molecule has 1 heterocycles. The lowest BCUT2D eigenvalue weighted by molar-refractivity contribution is 0.0963. The third-order valence-electron chi connectivity index (χ3n) is 3.92. The number of carbonyl (C=O) groups is 1. The van der Waals surface area contributed by atoms with Crippen LogP contribution in [0.15, 0.2) is 24.3 Å². The van der Waals surface area contributed by atoms with Gasteiger partial charge in [0.05, 0.1) is 5.69 Å². The van der Waals surface area contributed by atoms with E-state index in [0.29, 0.717) is 18.9 Å². The number of Topliss-reactive ketones (excluding diaryl/α,β-unsaturated/α-hetero) is 1. The van der Waals surface area contributed by atoms with Crippen molar-refractivity contribution in [3.05, 3.63) is 52.1 Å². The first-order valence-corrected chi connectivity index (χ1v) is 7.81. The lowest BCUT2D eigenvalue weighted by Crippen LogP contribution is -2.17. The van der Waals surface area contributed by atoms with Gasteiger partial charge in [-0.25, -0.2) is 4.98 Å². The smallest absolute Gasteiger partial charge is 0.181 e. The van der Waals surface area contributed by atoms with Crippen LogP contribution in [0.1, 0.15) is 60.2 Å². The summed E-state index contributed by atoms with van der Waals surface area (Å²) in [5.74, 6) is 1.53. The number of aromatic nitrogens is 2. The van der Waals surface area contributed by atoms with Gasteiger partial charge >= 0.3 is 0 Å². The monoisotopic (exact) mass is 302 g/mol. The maximum absolute atomic E-state index is 12.3. The number of ketones is 1. The minimum atomic E-state index is 0.226. The van der Waals surface area contributed by atoms with E-state index < -0.39 is 0 Å². The van der Waals surface area contributed by atoms with Gasteiger partial charge in [0.2, 0.25) is 0 Å². The zero-order chi connectivity index (χ0) is 15.0. The quantitative estimate of drug-likeness (QED) is 0.850. The summed E-state index contributed by atoms with van der Waals surface area (Å²) in [6.07, 6.45) is 2.46. The van der Waals surface area contributed by atoms with E-state index >= 15 is 0 Å². The van der Waals surface area contributed by atoms with E-state index in [1.54, 1.807) is 0 Å². The third-order valence-corrected chi connectivity index (χ3v) is 4.17. The Balaban J connectivity index is 2.05. The molecule has 0 fully saturated rings. The van der Waals surface area contributed by atoms with Crippen molar-refractivity contribution in [3.63, 3.8) is 0 Å². The molecule has 1 aromatic heterocycles. The van der Waals surface area contributed by atoms with E-state index in [-0.39, 0.29) is 5.78 Å². The Bertz CT molecular complexity index is 671. The number of nitrogens with zero attached hydrogens (tertiary/aromatic N) is 2. The van der Waals surface area contributed by atoms with Crippen LogP contribution < -0.4 is 0 Å². The molecule has 3 nitrogen and oxygen atoms in total. The van der Waals surface area contributed by atoms with Gasteiger partial charge in [0.1, 0.15) is 11.5 Å². The van der Waals surface area contributed by atoms with Crippen LogP contribution in [0.2, 0.25) is 5.02 Å². The van der Waals surface area contributed by atoms with Crippen LogP contribution in [0, 0.1) is 0 Å². The van der Waals surface area contributed by atoms with Gasteiger partial charge in [-0.05, 0) is 30.5 Å². The number of rotatable bonds is 3. The Morgan fingerprint density at radius 2 is 1.95 bits per heavy atom. The van der Waals surface area contributed by atoms with Gasteiger partial charge in [-0.1, -0.05) is 37.6 Å². The average molecular weight is 303 g/mol. The highest BCUT2D eigenvalue weighted by Gasteiger charge is 2.26. The number of halogens is 1. The van der Waals surface area contributed by atoms with Crippen molar-refractivity contribution in [2.24, 2.45) is 0 Å². The molecule has 2 aromatic rings. The summed E-state index contributed by atoms with van der Waals surface area (Å²) in [6, 6.07) is 7.78. The number of imidazole rings is 1. The predicted molar refractivity (Wildman–Crippen MR) is 84.1 cm³/mol. The second-order valence-corrected chi connectivity index (χ2v) is 6.35. The molecule has 110 valence electrons. The fraction of sp³-hybridized carbons (Fsp3) is 0.412. The lowest BCUT2D eigenvalue weighted by Gasteiger charge is -2.15. The molecule has 0 saturated carbocycles. The van der Waals surface area contributed by atoms with Crippen LogP contribution in [0.4, 0.5) is 0 Å². The maximum atomic E-state index is 12.3. The van der Waals surface area contributed by atoms with Gasteiger partial charge in [0.15, 0.2) is 5.78 Å². The fourth-order valence-corrected chi connectivity index (χ4v) is 3.04. The molecular weight excluding hydrogens is 284 g/mol. The van der Waals surface area contributed by atoms with Crippen LogP contribution in [-0.4, -0.2) is 15.3 Å². The molecule has 0 spiro atoms. The summed E-state index contributed by atoms with van der Waals surface area (Å²) >= 11 is 5.94. The van der Waals surface area contributed by atoms with Gasteiger partial charge in [0, 0.05) is 23.9 Å². The second kappa shape index (κ2) is 5.64. The molecule has 0 radical (unpaired) electrons. The van der Waals surface area contributed by atoms with Gasteiger partial charge in [-0.2, -0.15) is 0 Å². The minimum absolute atomic E-state index is 0.226. The third kappa shape index (κ3) is 2.75. The molecule has 3 rings (SSSR count). The SMILES string of the molecule is CC(C)c1nc2c(n1Cc1ccc(Cl)cc1)C(=O)CCC2. The van der Waals surface area contributed by atoms with Gasteiger partial charge < -0.3 is 4.57 Å². The zero-order valence-corrected chi connectivity index (χ0v) is 13.2. The molecule has 1 aromatic carbocycles. The van der Waals surface area contributed by atoms with Crippen LogP contribution in [-0.2, 0) is 13.0 Å². The minimum Gasteiger partial charge on any atom is -0.321 e. The van der Waals surface area contributed by atoms with Crippen molar-refractivity contribution in [1.82, 2.24) is 9.55 Å². The van der Waals surface area contributed by atoms with Gasteiger partial charge in [-0.15, -0.1) is 0 Å². The van der Waals surface area contributed by atoms with E-state index in [9.17, 15) is 4.79 Å². The first-order valence-electron chi connectivity index (χ1n) is 7.43. The molecule has 0 atom stereocenters. The van der Waals surface area contributed by atoms with Crippen molar-refractivity contribution in [3.8, 4) is 0 Å². The standard InChI is InChI=1S/C17H19ClN2O/c1-11(2)17-19-14-4-3-5-15(21)16(14)20(17)10-12-6-8-13(18)9-7-12/h6-9,11H,3-5,10H2,1-2H3. The molecule has 0 unspecified atom stereocenters. The van der Waals surface area contributed by atoms with Crippen LogP contribution >= 0.6 is 11.6 Å². The van der Waals surface area contributed by atoms with Crippen LogP contribution in [0.3, 0.4) is 0 Å². The molecular formula is C17H19ClN2O. The topological polar surface area (TPSA) is 34.9 Å². The maximum Gasteiger partial charge on any atom is 0.181 e. The van der Waals surface area contributed by atoms with Crippen LogP contribution in [0.25, 0.3) is 0 Å². The largest absolute Gasteiger partial charge is 0.321 e.